The number of benzene rings is 2. The van der Waals surface area contributed by atoms with Gasteiger partial charge in [-0.3, -0.25) is 0 Å². The van der Waals surface area contributed by atoms with Crippen LogP contribution < -0.4 is 4.84 Å². The van der Waals surface area contributed by atoms with Crippen LogP contribution >= 0.6 is 11.8 Å². The summed E-state index contributed by atoms with van der Waals surface area (Å²) in [4.78, 5) is 2.45. The number of halogens is 1. The highest BCUT2D eigenvalue weighted by atomic mass is 35.5. The molecule has 0 fully saturated rings. The van der Waals surface area contributed by atoms with Crippen molar-refractivity contribution in [3.63, 3.8) is 0 Å². The van der Waals surface area contributed by atoms with Crippen molar-refractivity contribution in [3.05, 3.63) is 48.0 Å². The van der Waals surface area contributed by atoms with Gasteiger partial charge in [0.2, 0.25) is 0 Å². The van der Waals surface area contributed by atoms with Crippen LogP contribution in [0, 0.1) is 0 Å². The summed E-state index contributed by atoms with van der Waals surface area (Å²) in [6.45, 7) is 0.343. The smallest absolute Gasteiger partial charge is 0.0933 e. The summed E-state index contributed by atoms with van der Waals surface area (Å²) >= 11 is 5.39. The van der Waals surface area contributed by atoms with E-state index < -0.39 is 6.10 Å². The highest BCUT2D eigenvalue weighted by Gasteiger charge is 2.09. The Morgan fingerprint density at radius 2 is 1.87 bits per heavy atom. The maximum Gasteiger partial charge on any atom is 0.0933 e. The minimum atomic E-state index is -0.575. The zero-order valence-corrected chi connectivity index (χ0v) is 8.91. The molecule has 3 heteroatoms. The largest absolute Gasteiger partial charge is 0.387 e. The molecule has 2 aromatic rings. The average molecular weight is 222 g/mol. The lowest BCUT2D eigenvalue weighted by atomic mass is 10.0. The van der Waals surface area contributed by atoms with Crippen molar-refractivity contribution in [1.82, 2.24) is 4.84 Å². The van der Waals surface area contributed by atoms with E-state index in [-0.39, 0.29) is 0 Å². The lowest BCUT2D eigenvalue weighted by Gasteiger charge is -2.12. The van der Waals surface area contributed by atoms with Gasteiger partial charge in [-0.15, -0.1) is 0 Å². The Morgan fingerprint density at radius 1 is 1.13 bits per heavy atom. The third kappa shape index (κ3) is 2.12. The Kier molecular flexibility index (Phi) is 3.21. The van der Waals surface area contributed by atoms with Gasteiger partial charge >= 0.3 is 0 Å². The highest BCUT2D eigenvalue weighted by Crippen LogP contribution is 2.23. The van der Waals surface area contributed by atoms with Gasteiger partial charge in [-0.05, 0) is 28.1 Å². The SMILES string of the molecule is OC(CNCl)c1cccc2ccccc12. The monoisotopic (exact) mass is 221 g/mol. The zero-order valence-electron chi connectivity index (χ0n) is 8.15. The molecule has 0 aromatic heterocycles. The van der Waals surface area contributed by atoms with E-state index in [1.807, 2.05) is 42.5 Å². The van der Waals surface area contributed by atoms with Crippen molar-refractivity contribution in [2.24, 2.45) is 0 Å². The summed E-state index contributed by atoms with van der Waals surface area (Å²) in [5.41, 5.74) is 0.904. The van der Waals surface area contributed by atoms with Crippen molar-refractivity contribution in [1.29, 1.82) is 0 Å². The van der Waals surface area contributed by atoms with E-state index in [1.165, 1.54) is 0 Å². The topological polar surface area (TPSA) is 32.3 Å². The summed E-state index contributed by atoms with van der Waals surface area (Å²) in [7, 11) is 0. The van der Waals surface area contributed by atoms with Gasteiger partial charge in [-0.25, -0.2) is 4.84 Å². The second kappa shape index (κ2) is 4.62. The van der Waals surface area contributed by atoms with Crippen molar-refractivity contribution >= 4 is 22.5 Å². The molecule has 1 atom stereocenters. The fourth-order valence-corrected chi connectivity index (χ4v) is 1.87. The van der Waals surface area contributed by atoms with Crippen molar-refractivity contribution in [2.75, 3.05) is 6.54 Å². The van der Waals surface area contributed by atoms with Crippen LogP contribution in [0.2, 0.25) is 0 Å². The Balaban J connectivity index is 2.50. The third-order valence-corrected chi connectivity index (χ3v) is 2.61. The highest BCUT2D eigenvalue weighted by molar-refractivity contribution is 6.13. The Labute approximate surface area is 93.6 Å². The molecule has 0 aliphatic carbocycles. The first-order valence-corrected chi connectivity index (χ1v) is 5.20. The van der Waals surface area contributed by atoms with Crippen LogP contribution in [0.1, 0.15) is 11.7 Å². The molecule has 2 nitrogen and oxygen atoms in total. The Bertz CT molecular complexity index is 453. The molecule has 0 spiro atoms. The molecule has 0 saturated carbocycles. The molecular formula is C12H12ClNO. The third-order valence-electron chi connectivity index (χ3n) is 2.45. The molecule has 0 saturated heterocycles. The molecule has 2 rings (SSSR count). The zero-order chi connectivity index (χ0) is 10.7. The molecule has 0 bridgehead atoms. The lowest BCUT2D eigenvalue weighted by Crippen LogP contribution is -2.12. The maximum absolute atomic E-state index is 9.87. The van der Waals surface area contributed by atoms with Crippen LogP contribution in [0.3, 0.4) is 0 Å². The standard InChI is InChI=1S/C12H12ClNO/c13-14-8-12(15)11-7-3-5-9-4-1-2-6-10(9)11/h1-7,12,14-15H,8H2. The normalized spacial score (nSPS) is 12.9. The van der Waals surface area contributed by atoms with Gasteiger partial charge in [0.15, 0.2) is 0 Å². The number of aliphatic hydroxyl groups excluding tert-OH is 1. The molecule has 78 valence electrons. The quantitative estimate of drug-likeness (QED) is 0.781. The summed E-state index contributed by atoms with van der Waals surface area (Å²) in [5.74, 6) is 0. The molecule has 0 aliphatic rings. The molecule has 1 unspecified atom stereocenters. The molecule has 0 aliphatic heterocycles. The fraction of sp³-hybridized carbons (Fsp3) is 0.167. The van der Waals surface area contributed by atoms with Crippen LogP contribution in [-0.2, 0) is 0 Å². The van der Waals surface area contributed by atoms with Gasteiger partial charge in [0.05, 0.1) is 6.10 Å². The van der Waals surface area contributed by atoms with E-state index in [1.54, 1.807) is 0 Å². The lowest BCUT2D eigenvalue weighted by molar-refractivity contribution is 0.184. The number of rotatable bonds is 3. The minimum absolute atomic E-state index is 0.343. The van der Waals surface area contributed by atoms with Gasteiger partial charge in [-0.2, -0.15) is 0 Å². The van der Waals surface area contributed by atoms with Crippen LogP contribution in [0.15, 0.2) is 42.5 Å². The molecule has 2 N–H and O–H groups in total. The minimum Gasteiger partial charge on any atom is -0.387 e. The van der Waals surface area contributed by atoms with E-state index in [0.717, 1.165) is 16.3 Å². The predicted octanol–water partition coefficient (Wildman–Crippen LogP) is 2.62. The molecular weight excluding hydrogens is 210 g/mol. The Morgan fingerprint density at radius 3 is 2.67 bits per heavy atom. The molecule has 0 heterocycles. The van der Waals surface area contributed by atoms with Gasteiger partial charge in [0, 0.05) is 6.54 Å². The second-order valence-electron chi connectivity index (χ2n) is 3.42. The summed E-state index contributed by atoms with van der Waals surface area (Å²) in [6.07, 6.45) is -0.575. The first kappa shape index (κ1) is 10.4. The molecule has 0 radical (unpaired) electrons. The van der Waals surface area contributed by atoms with Crippen LogP contribution in [0.25, 0.3) is 10.8 Å². The van der Waals surface area contributed by atoms with Crippen molar-refractivity contribution < 1.29 is 5.11 Å². The van der Waals surface area contributed by atoms with Gasteiger partial charge in [0.25, 0.3) is 0 Å². The van der Waals surface area contributed by atoms with E-state index in [4.69, 9.17) is 11.8 Å². The van der Waals surface area contributed by atoms with E-state index in [0.29, 0.717) is 6.54 Å². The molecule has 0 amide bonds. The first-order chi connectivity index (χ1) is 7.33. The van der Waals surface area contributed by atoms with Crippen LogP contribution in [-0.4, -0.2) is 11.7 Å². The maximum atomic E-state index is 9.87. The van der Waals surface area contributed by atoms with Crippen LogP contribution in [0.5, 0.6) is 0 Å². The van der Waals surface area contributed by atoms with Crippen LogP contribution in [0.4, 0.5) is 0 Å². The van der Waals surface area contributed by atoms with Crippen molar-refractivity contribution in [2.45, 2.75) is 6.10 Å². The number of hydrogen-bond donors (Lipinski definition) is 2. The number of aliphatic hydroxyl groups is 1. The fourth-order valence-electron chi connectivity index (χ4n) is 1.72. The van der Waals surface area contributed by atoms with Gasteiger partial charge in [0.1, 0.15) is 0 Å². The average Bonchev–Trinajstić information content (AvgIpc) is 2.28. The van der Waals surface area contributed by atoms with E-state index >= 15 is 0 Å². The number of fused-ring (bicyclic) bond motifs is 1. The molecule has 15 heavy (non-hydrogen) atoms. The van der Waals surface area contributed by atoms with E-state index in [2.05, 4.69) is 4.84 Å². The molecule has 2 aromatic carbocycles. The summed E-state index contributed by atoms with van der Waals surface area (Å²) < 4.78 is 0. The van der Waals surface area contributed by atoms with E-state index in [9.17, 15) is 5.11 Å². The van der Waals surface area contributed by atoms with Crippen molar-refractivity contribution in [3.8, 4) is 0 Å². The predicted molar refractivity (Wildman–Crippen MR) is 62.8 cm³/mol. The van der Waals surface area contributed by atoms with Gasteiger partial charge in [-0.1, -0.05) is 42.5 Å². The summed E-state index contributed by atoms with van der Waals surface area (Å²) in [6, 6.07) is 13.9. The first-order valence-electron chi connectivity index (χ1n) is 4.82. The number of hydrogen-bond acceptors (Lipinski definition) is 2. The number of nitrogens with one attached hydrogen (secondary N) is 1. The van der Waals surface area contributed by atoms with Gasteiger partial charge < -0.3 is 5.11 Å². The second-order valence-corrected chi connectivity index (χ2v) is 3.69. The Hall–Kier alpha value is -1.09. The summed E-state index contributed by atoms with van der Waals surface area (Å²) in [5, 5.41) is 12.1.